The molecule has 0 aliphatic heterocycles. The molecule has 0 spiro atoms. The first-order chi connectivity index (χ1) is 9.93. The molecule has 0 aliphatic carbocycles. The van der Waals surface area contributed by atoms with Crippen molar-refractivity contribution in [2.75, 3.05) is 11.9 Å². The summed E-state index contributed by atoms with van der Waals surface area (Å²) in [6, 6.07) is 4.88. The lowest BCUT2D eigenvalue weighted by molar-refractivity contribution is -0.137. The van der Waals surface area contributed by atoms with Crippen molar-refractivity contribution in [3.05, 3.63) is 28.8 Å². The van der Waals surface area contributed by atoms with Crippen molar-refractivity contribution in [1.82, 2.24) is 0 Å². The van der Waals surface area contributed by atoms with E-state index in [4.69, 9.17) is 22.4 Å². The van der Waals surface area contributed by atoms with Crippen LogP contribution in [0.15, 0.2) is 18.2 Å². The highest BCUT2D eigenvalue weighted by molar-refractivity contribution is 6.33. The summed E-state index contributed by atoms with van der Waals surface area (Å²) in [5, 5.41) is 12.3. The van der Waals surface area contributed by atoms with Crippen LogP contribution in [0.5, 0.6) is 0 Å². The predicted molar refractivity (Wildman–Crippen MR) is 83.7 cm³/mol. The summed E-state index contributed by atoms with van der Waals surface area (Å²) in [6.45, 7) is 2.76. The lowest BCUT2D eigenvalue weighted by atomic mass is 9.96. The van der Waals surface area contributed by atoms with Gasteiger partial charge in [0, 0.05) is 18.5 Å². The zero-order chi connectivity index (χ0) is 15.8. The van der Waals surface area contributed by atoms with Crippen LogP contribution >= 0.6 is 11.6 Å². The number of nitrogens with two attached hydrogens (primary N) is 1. The van der Waals surface area contributed by atoms with Gasteiger partial charge in [-0.15, -0.1) is 0 Å². The van der Waals surface area contributed by atoms with Crippen molar-refractivity contribution in [2.24, 2.45) is 11.7 Å². The van der Waals surface area contributed by atoms with Gasteiger partial charge in [-0.25, -0.2) is 0 Å². The van der Waals surface area contributed by atoms with Crippen LogP contribution < -0.4 is 11.1 Å². The highest BCUT2D eigenvalue weighted by atomic mass is 35.5. The molecule has 0 bridgehead atoms. The Morgan fingerprint density at radius 2 is 2.10 bits per heavy atom. The van der Waals surface area contributed by atoms with Crippen LogP contribution in [0.25, 0.3) is 0 Å². The Morgan fingerprint density at radius 3 is 2.62 bits per heavy atom. The van der Waals surface area contributed by atoms with Crippen LogP contribution in [0.4, 0.5) is 5.69 Å². The van der Waals surface area contributed by atoms with Crippen molar-refractivity contribution >= 4 is 29.2 Å². The molecule has 1 amide bonds. The molecule has 1 rings (SSSR count). The number of carbonyl (C=O) groups excluding carboxylic acids is 1. The minimum absolute atomic E-state index is 0.201. The molecule has 1 unspecified atom stereocenters. The topological polar surface area (TPSA) is 92.4 Å². The lowest BCUT2D eigenvalue weighted by Gasteiger charge is -2.15. The van der Waals surface area contributed by atoms with Gasteiger partial charge in [0.15, 0.2) is 0 Å². The predicted octanol–water partition coefficient (Wildman–Crippen LogP) is 3.13. The molecule has 0 saturated carbocycles. The molecule has 1 aromatic rings. The number of benzene rings is 1. The first-order valence-electron chi connectivity index (χ1n) is 6.99. The van der Waals surface area contributed by atoms with Gasteiger partial charge in [0.05, 0.1) is 10.7 Å². The summed E-state index contributed by atoms with van der Waals surface area (Å²) in [6.07, 6.45) is 2.70. The van der Waals surface area contributed by atoms with Gasteiger partial charge in [0.2, 0.25) is 5.91 Å². The summed E-state index contributed by atoms with van der Waals surface area (Å²) < 4.78 is 0. The Hall–Kier alpha value is -1.75. The monoisotopic (exact) mass is 312 g/mol. The fraction of sp³-hybridized carbons (Fsp3) is 0.467. The third-order valence-corrected chi connectivity index (χ3v) is 3.78. The number of hydrogen-bond acceptors (Lipinski definition) is 3. The molecular formula is C15H21ClN2O3. The van der Waals surface area contributed by atoms with E-state index < -0.39 is 11.9 Å². The average molecular weight is 313 g/mol. The third-order valence-electron chi connectivity index (χ3n) is 3.47. The highest BCUT2D eigenvalue weighted by Crippen LogP contribution is 2.23. The van der Waals surface area contributed by atoms with Crippen molar-refractivity contribution in [3.8, 4) is 0 Å². The van der Waals surface area contributed by atoms with E-state index in [1.54, 1.807) is 12.1 Å². The number of halogens is 1. The Balaban J connectivity index is 2.47. The Bertz CT molecular complexity index is 506. The minimum atomic E-state index is -0.758. The fourth-order valence-electron chi connectivity index (χ4n) is 2.10. The SMILES string of the molecule is CCC(CCNc1ccc(C(N)=O)cc1Cl)CCC(=O)O. The Morgan fingerprint density at radius 1 is 1.38 bits per heavy atom. The maximum Gasteiger partial charge on any atom is 0.303 e. The average Bonchev–Trinajstić information content (AvgIpc) is 2.43. The van der Waals surface area contributed by atoms with Gasteiger partial charge in [-0.3, -0.25) is 9.59 Å². The summed E-state index contributed by atoms with van der Waals surface area (Å²) in [5.74, 6) is -0.896. The van der Waals surface area contributed by atoms with Gasteiger partial charge < -0.3 is 16.2 Å². The van der Waals surface area contributed by atoms with E-state index in [1.807, 2.05) is 0 Å². The zero-order valence-corrected chi connectivity index (χ0v) is 12.8. The molecule has 4 N–H and O–H groups in total. The fourth-order valence-corrected chi connectivity index (χ4v) is 2.35. The molecule has 21 heavy (non-hydrogen) atoms. The minimum Gasteiger partial charge on any atom is -0.481 e. The van der Waals surface area contributed by atoms with Crippen molar-refractivity contribution in [3.63, 3.8) is 0 Å². The molecule has 0 fully saturated rings. The van der Waals surface area contributed by atoms with Crippen LogP contribution in [0.1, 0.15) is 43.0 Å². The van der Waals surface area contributed by atoms with Crippen LogP contribution in [0.3, 0.4) is 0 Å². The molecule has 5 nitrogen and oxygen atoms in total. The quantitative estimate of drug-likeness (QED) is 0.653. The van der Waals surface area contributed by atoms with Gasteiger partial charge in [-0.05, 0) is 37.0 Å². The van der Waals surface area contributed by atoms with Gasteiger partial charge in [0.1, 0.15) is 0 Å². The summed E-state index contributed by atoms with van der Waals surface area (Å²) >= 11 is 6.08. The maximum atomic E-state index is 11.0. The molecule has 1 aromatic carbocycles. The number of carbonyl (C=O) groups is 2. The molecule has 6 heteroatoms. The Kier molecular flexibility index (Phi) is 7.02. The van der Waals surface area contributed by atoms with Gasteiger partial charge in [-0.2, -0.15) is 0 Å². The molecule has 116 valence electrons. The van der Waals surface area contributed by atoms with E-state index in [1.165, 1.54) is 6.07 Å². The van der Waals surface area contributed by atoms with Crippen molar-refractivity contribution in [1.29, 1.82) is 0 Å². The second-order valence-electron chi connectivity index (χ2n) is 4.98. The van der Waals surface area contributed by atoms with Crippen molar-refractivity contribution in [2.45, 2.75) is 32.6 Å². The van der Waals surface area contributed by atoms with Crippen LogP contribution in [0.2, 0.25) is 5.02 Å². The standard InChI is InChI=1S/C15H21ClN2O3/c1-2-10(3-6-14(19)20)7-8-18-13-5-4-11(15(17)21)9-12(13)16/h4-5,9-10,18H,2-3,6-8H2,1H3,(H2,17,21)(H,19,20). The van der Waals surface area contributed by atoms with E-state index in [0.717, 1.165) is 18.5 Å². The summed E-state index contributed by atoms with van der Waals surface area (Å²) in [7, 11) is 0. The molecule has 0 saturated heterocycles. The second kappa shape index (κ2) is 8.52. The van der Waals surface area contributed by atoms with Crippen LogP contribution in [-0.2, 0) is 4.79 Å². The molecule has 0 aliphatic rings. The molecule has 0 radical (unpaired) electrons. The van der Waals surface area contributed by atoms with Gasteiger partial charge in [-0.1, -0.05) is 24.9 Å². The number of carboxylic acid groups (broad SMARTS) is 1. The normalized spacial score (nSPS) is 11.9. The Labute approximate surface area is 129 Å². The largest absolute Gasteiger partial charge is 0.481 e. The van der Waals surface area contributed by atoms with Crippen LogP contribution in [-0.4, -0.2) is 23.5 Å². The van der Waals surface area contributed by atoms with Gasteiger partial charge >= 0.3 is 5.97 Å². The number of aliphatic carboxylic acids is 1. The molecule has 0 heterocycles. The lowest BCUT2D eigenvalue weighted by Crippen LogP contribution is -2.12. The number of amides is 1. The summed E-state index contributed by atoms with van der Waals surface area (Å²) in [4.78, 5) is 21.6. The van der Waals surface area contributed by atoms with Gasteiger partial charge in [0.25, 0.3) is 0 Å². The third kappa shape index (κ3) is 6.04. The van der Waals surface area contributed by atoms with E-state index >= 15 is 0 Å². The number of primary amides is 1. The first-order valence-corrected chi connectivity index (χ1v) is 7.36. The van der Waals surface area contributed by atoms with Crippen molar-refractivity contribution < 1.29 is 14.7 Å². The van der Waals surface area contributed by atoms with E-state index in [2.05, 4.69) is 12.2 Å². The molecular weight excluding hydrogens is 292 g/mol. The molecule has 1 atom stereocenters. The highest BCUT2D eigenvalue weighted by Gasteiger charge is 2.10. The first kappa shape index (κ1) is 17.3. The maximum absolute atomic E-state index is 11.0. The number of carboxylic acids is 1. The van der Waals surface area contributed by atoms with Crippen LogP contribution in [0, 0.1) is 5.92 Å². The van der Waals surface area contributed by atoms with E-state index in [0.29, 0.717) is 29.5 Å². The second-order valence-corrected chi connectivity index (χ2v) is 5.39. The number of nitrogens with one attached hydrogen (secondary N) is 1. The number of anilines is 1. The number of rotatable bonds is 9. The molecule has 0 aromatic heterocycles. The number of hydrogen-bond donors (Lipinski definition) is 3. The van der Waals surface area contributed by atoms with E-state index in [-0.39, 0.29) is 6.42 Å². The summed E-state index contributed by atoms with van der Waals surface area (Å²) in [5.41, 5.74) is 6.30. The zero-order valence-electron chi connectivity index (χ0n) is 12.1. The van der Waals surface area contributed by atoms with E-state index in [9.17, 15) is 9.59 Å². The smallest absolute Gasteiger partial charge is 0.303 e.